The van der Waals surface area contributed by atoms with Crippen molar-refractivity contribution in [1.82, 2.24) is 0 Å². The van der Waals surface area contributed by atoms with Crippen LogP contribution >= 0.6 is 11.6 Å². The Balaban J connectivity index is 1.68. The first-order valence-corrected chi connectivity index (χ1v) is 7.02. The van der Waals surface area contributed by atoms with Crippen molar-refractivity contribution >= 4 is 23.2 Å². The number of carbonyl (C=O) groups is 1. The highest BCUT2D eigenvalue weighted by molar-refractivity contribution is 6.30. The maximum atomic E-state index is 12.3. The monoisotopic (exact) mass is 303 g/mol. The molecule has 0 bridgehead atoms. The molecule has 21 heavy (non-hydrogen) atoms. The van der Waals surface area contributed by atoms with Gasteiger partial charge in [0.15, 0.2) is 6.61 Å². The number of hydrogen-bond donors (Lipinski definition) is 0. The van der Waals surface area contributed by atoms with E-state index in [-0.39, 0.29) is 12.5 Å². The second-order valence-electron chi connectivity index (χ2n) is 4.60. The van der Waals surface area contributed by atoms with Gasteiger partial charge in [0.2, 0.25) is 0 Å². The summed E-state index contributed by atoms with van der Waals surface area (Å²) >= 11 is 5.81. The van der Waals surface area contributed by atoms with Crippen LogP contribution in [0.5, 0.6) is 11.5 Å². The number of para-hydroxylation sites is 2. The van der Waals surface area contributed by atoms with Crippen LogP contribution in [-0.4, -0.2) is 25.7 Å². The molecule has 1 amide bonds. The molecule has 4 nitrogen and oxygen atoms in total. The normalized spacial score (nSPS) is 13.3. The first-order chi connectivity index (χ1) is 10.2. The summed E-state index contributed by atoms with van der Waals surface area (Å²) in [6.07, 6.45) is 0. The Kier molecular flexibility index (Phi) is 3.97. The highest BCUT2D eigenvalue weighted by Crippen LogP contribution is 2.30. The van der Waals surface area contributed by atoms with Crippen molar-refractivity contribution < 1.29 is 14.3 Å². The van der Waals surface area contributed by atoms with Gasteiger partial charge in [0, 0.05) is 5.02 Å². The number of ether oxygens (including phenoxy) is 2. The quantitative estimate of drug-likeness (QED) is 0.874. The minimum Gasteiger partial charge on any atom is -0.490 e. The van der Waals surface area contributed by atoms with Gasteiger partial charge in [-0.05, 0) is 36.4 Å². The Morgan fingerprint density at radius 3 is 2.76 bits per heavy atom. The summed E-state index contributed by atoms with van der Waals surface area (Å²) in [5.41, 5.74) is 0.786. The van der Waals surface area contributed by atoms with Crippen molar-refractivity contribution in [3.63, 3.8) is 0 Å². The van der Waals surface area contributed by atoms with Crippen molar-refractivity contribution in [2.45, 2.75) is 0 Å². The average molecular weight is 304 g/mol. The molecule has 0 unspecified atom stereocenters. The molecule has 1 heterocycles. The molecule has 108 valence electrons. The number of anilines is 1. The van der Waals surface area contributed by atoms with Gasteiger partial charge in [-0.1, -0.05) is 23.7 Å². The Bertz CT molecular complexity index is 642. The molecule has 2 aromatic rings. The highest BCUT2D eigenvalue weighted by atomic mass is 35.5. The van der Waals surface area contributed by atoms with Crippen LogP contribution in [0, 0.1) is 0 Å². The molecule has 0 N–H and O–H groups in total. The lowest BCUT2D eigenvalue weighted by molar-refractivity contribution is -0.120. The second-order valence-corrected chi connectivity index (χ2v) is 5.04. The van der Waals surface area contributed by atoms with Crippen molar-refractivity contribution in [2.24, 2.45) is 0 Å². The second kappa shape index (κ2) is 6.06. The fraction of sp³-hybridized carbons (Fsp3) is 0.188. The summed E-state index contributed by atoms with van der Waals surface area (Å²) in [4.78, 5) is 14.0. The number of amides is 1. The van der Waals surface area contributed by atoms with Crippen LogP contribution in [0.15, 0.2) is 48.5 Å². The van der Waals surface area contributed by atoms with Gasteiger partial charge < -0.3 is 14.4 Å². The van der Waals surface area contributed by atoms with Crippen molar-refractivity contribution in [3.8, 4) is 11.5 Å². The van der Waals surface area contributed by atoms with Crippen LogP contribution in [0.25, 0.3) is 0 Å². The predicted octanol–water partition coefficient (Wildman–Crippen LogP) is 3.14. The third-order valence-corrected chi connectivity index (χ3v) is 3.46. The molecule has 5 heteroatoms. The molecule has 0 radical (unpaired) electrons. The summed E-state index contributed by atoms with van der Waals surface area (Å²) in [7, 11) is 0. The van der Waals surface area contributed by atoms with Gasteiger partial charge in [-0.15, -0.1) is 0 Å². The summed E-state index contributed by atoms with van der Waals surface area (Å²) in [6.45, 7) is 0.999. The molecule has 0 aromatic heterocycles. The predicted molar refractivity (Wildman–Crippen MR) is 81.2 cm³/mol. The van der Waals surface area contributed by atoms with E-state index >= 15 is 0 Å². The first kappa shape index (κ1) is 13.8. The molecule has 3 rings (SSSR count). The summed E-state index contributed by atoms with van der Waals surface area (Å²) in [5.74, 6) is 1.25. The minimum absolute atomic E-state index is 0.0179. The van der Waals surface area contributed by atoms with E-state index in [1.165, 1.54) is 0 Å². The Morgan fingerprint density at radius 2 is 1.95 bits per heavy atom. The van der Waals surface area contributed by atoms with E-state index in [0.29, 0.717) is 23.9 Å². The van der Waals surface area contributed by atoms with Gasteiger partial charge in [-0.25, -0.2) is 0 Å². The minimum atomic E-state index is -0.0966. The molecule has 1 aliphatic rings. The number of carbonyl (C=O) groups excluding carboxylic acids is 1. The van der Waals surface area contributed by atoms with E-state index in [1.54, 1.807) is 29.2 Å². The largest absolute Gasteiger partial charge is 0.490 e. The summed E-state index contributed by atoms with van der Waals surface area (Å²) in [5, 5.41) is 0.635. The van der Waals surface area contributed by atoms with Gasteiger partial charge in [0.1, 0.15) is 18.1 Å². The van der Waals surface area contributed by atoms with E-state index in [9.17, 15) is 4.79 Å². The number of rotatable bonds is 3. The molecule has 0 saturated heterocycles. The van der Waals surface area contributed by atoms with Gasteiger partial charge in [0.05, 0.1) is 12.2 Å². The number of hydrogen-bond acceptors (Lipinski definition) is 3. The smallest absolute Gasteiger partial charge is 0.265 e. The third-order valence-electron chi connectivity index (χ3n) is 3.21. The molecule has 2 aromatic carbocycles. The van der Waals surface area contributed by atoms with Crippen molar-refractivity contribution in [3.05, 3.63) is 53.6 Å². The summed E-state index contributed by atoms with van der Waals surface area (Å²) in [6, 6.07) is 14.4. The average Bonchev–Trinajstić information content (AvgIpc) is 2.53. The Morgan fingerprint density at radius 1 is 1.19 bits per heavy atom. The fourth-order valence-corrected chi connectivity index (χ4v) is 2.31. The zero-order valence-electron chi connectivity index (χ0n) is 11.3. The SMILES string of the molecule is O=C(COc1ccc(Cl)cc1)N1CCOc2ccccc21. The molecule has 0 fully saturated rings. The van der Waals surface area contributed by atoms with Crippen molar-refractivity contribution in [1.29, 1.82) is 0 Å². The van der Waals surface area contributed by atoms with E-state index in [0.717, 1.165) is 11.4 Å². The number of halogens is 1. The standard InChI is InChI=1S/C16H14ClNO3/c17-12-5-7-13(8-6-12)21-11-16(19)18-9-10-20-15-4-2-1-3-14(15)18/h1-8H,9-11H2. The van der Waals surface area contributed by atoms with E-state index < -0.39 is 0 Å². The molecule has 0 saturated carbocycles. The lowest BCUT2D eigenvalue weighted by Crippen LogP contribution is -2.40. The molecular formula is C16H14ClNO3. The van der Waals surface area contributed by atoms with Gasteiger partial charge in [0.25, 0.3) is 5.91 Å². The maximum Gasteiger partial charge on any atom is 0.265 e. The van der Waals surface area contributed by atoms with Crippen LogP contribution in [-0.2, 0) is 4.79 Å². The van der Waals surface area contributed by atoms with Crippen LogP contribution in [0.1, 0.15) is 0 Å². The molecule has 1 aliphatic heterocycles. The Hall–Kier alpha value is -2.20. The van der Waals surface area contributed by atoms with E-state index in [1.807, 2.05) is 24.3 Å². The van der Waals surface area contributed by atoms with Gasteiger partial charge in [-0.2, -0.15) is 0 Å². The number of nitrogens with zero attached hydrogens (tertiary/aromatic N) is 1. The maximum absolute atomic E-state index is 12.3. The topological polar surface area (TPSA) is 38.8 Å². The van der Waals surface area contributed by atoms with Crippen LogP contribution in [0.4, 0.5) is 5.69 Å². The number of benzene rings is 2. The van der Waals surface area contributed by atoms with E-state index in [4.69, 9.17) is 21.1 Å². The van der Waals surface area contributed by atoms with Crippen LogP contribution in [0.3, 0.4) is 0 Å². The zero-order chi connectivity index (χ0) is 14.7. The fourth-order valence-electron chi connectivity index (χ4n) is 2.18. The lowest BCUT2D eigenvalue weighted by Gasteiger charge is -2.29. The van der Waals surface area contributed by atoms with Crippen LogP contribution in [0.2, 0.25) is 5.02 Å². The third kappa shape index (κ3) is 3.11. The van der Waals surface area contributed by atoms with Crippen molar-refractivity contribution in [2.75, 3.05) is 24.7 Å². The molecule has 0 atom stereocenters. The molecule has 0 aliphatic carbocycles. The summed E-state index contributed by atoms with van der Waals surface area (Å²) < 4.78 is 11.0. The first-order valence-electron chi connectivity index (χ1n) is 6.64. The van der Waals surface area contributed by atoms with E-state index in [2.05, 4.69) is 0 Å². The molecule has 0 spiro atoms. The molecular weight excluding hydrogens is 290 g/mol. The highest BCUT2D eigenvalue weighted by Gasteiger charge is 2.23. The van der Waals surface area contributed by atoms with Gasteiger partial charge in [-0.3, -0.25) is 4.79 Å². The van der Waals surface area contributed by atoms with Crippen LogP contribution < -0.4 is 14.4 Å². The van der Waals surface area contributed by atoms with Gasteiger partial charge >= 0.3 is 0 Å². The Labute approximate surface area is 127 Å². The number of fused-ring (bicyclic) bond motifs is 1. The lowest BCUT2D eigenvalue weighted by atomic mass is 10.2. The zero-order valence-corrected chi connectivity index (χ0v) is 12.0.